The lowest BCUT2D eigenvalue weighted by atomic mass is 9.71. The van der Waals surface area contributed by atoms with Crippen molar-refractivity contribution in [2.45, 2.75) is 64.2 Å². The second-order valence-corrected chi connectivity index (χ2v) is 6.13. The Balaban J connectivity index is 2.08. The van der Waals surface area contributed by atoms with Crippen LogP contribution in [0.15, 0.2) is 11.5 Å². The third-order valence-corrected chi connectivity index (χ3v) is 4.37. The summed E-state index contributed by atoms with van der Waals surface area (Å²) < 4.78 is 12.2. The summed E-state index contributed by atoms with van der Waals surface area (Å²) >= 11 is 0. The minimum absolute atomic E-state index is 0.156. The lowest BCUT2D eigenvalue weighted by Crippen LogP contribution is -2.41. The van der Waals surface area contributed by atoms with Gasteiger partial charge in [-0.25, -0.2) is 0 Å². The van der Waals surface area contributed by atoms with Crippen LogP contribution in [0.1, 0.15) is 47.0 Å². The van der Waals surface area contributed by atoms with Gasteiger partial charge in [0, 0.05) is 6.04 Å². The summed E-state index contributed by atoms with van der Waals surface area (Å²) in [7, 11) is 1.87. The van der Waals surface area contributed by atoms with Crippen LogP contribution in [-0.4, -0.2) is 31.4 Å². The van der Waals surface area contributed by atoms with Crippen molar-refractivity contribution in [3.8, 4) is 0 Å². The number of nitrogens with one attached hydrogen (secondary N) is 1. The molecule has 17 heavy (non-hydrogen) atoms. The highest BCUT2D eigenvalue weighted by atomic mass is 16.7. The molecule has 0 unspecified atom stereocenters. The van der Waals surface area contributed by atoms with E-state index in [0.29, 0.717) is 6.04 Å². The molecule has 0 aromatic rings. The summed E-state index contributed by atoms with van der Waals surface area (Å²) in [5, 5.41) is 3.35. The maximum atomic E-state index is 6.08. The quantitative estimate of drug-likeness (QED) is 0.747. The van der Waals surface area contributed by atoms with Crippen LogP contribution in [0.2, 0.25) is 0 Å². The van der Waals surface area contributed by atoms with Gasteiger partial charge in [0.25, 0.3) is 0 Å². The van der Waals surface area contributed by atoms with E-state index in [2.05, 4.69) is 39.1 Å². The van der Waals surface area contributed by atoms with Crippen LogP contribution in [0.3, 0.4) is 0 Å². The van der Waals surface area contributed by atoms with E-state index < -0.39 is 0 Å². The molecule has 0 aromatic carbocycles. The van der Waals surface area contributed by atoms with Gasteiger partial charge in [-0.3, -0.25) is 0 Å². The van der Waals surface area contributed by atoms with E-state index in [1.54, 1.807) is 0 Å². The van der Waals surface area contributed by atoms with Crippen LogP contribution in [0, 0.1) is 0 Å². The topological polar surface area (TPSA) is 30.5 Å². The monoisotopic (exact) mass is 237 g/mol. The summed E-state index contributed by atoms with van der Waals surface area (Å²) in [4.78, 5) is 0. The fraction of sp³-hybridized carbons (Fsp3) is 0.846. The molecule has 3 nitrogen and oxygen atoms in total. The molecule has 1 atom stereocenters. The molecule has 1 aliphatic carbocycles. The maximum Gasteiger partial charge on any atom is 0.490 e. The van der Waals surface area contributed by atoms with Crippen molar-refractivity contribution < 1.29 is 9.31 Å². The van der Waals surface area contributed by atoms with Gasteiger partial charge >= 0.3 is 7.12 Å². The first-order chi connectivity index (χ1) is 7.86. The molecular formula is C13H24BNO2. The summed E-state index contributed by atoms with van der Waals surface area (Å²) in [5.74, 6) is 0. The normalized spacial score (nSPS) is 31.5. The Morgan fingerprint density at radius 2 is 1.82 bits per heavy atom. The van der Waals surface area contributed by atoms with Gasteiger partial charge in [0.2, 0.25) is 0 Å². The Morgan fingerprint density at radius 1 is 1.24 bits per heavy atom. The highest BCUT2D eigenvalue weighted by molar-refractivity contribution is 6.54. The molecule has 1 N–H and O–H groups in total. The largest absolute Gasteiger partial charge is 0.490 e. The number of hydrogen-bond donors (Lipinski definition) is 1. The molecular weight excluding hydrogens is 213 g/mol. The van der Waals surface area contributed by atoms with Gasteiger partial charge in [0.05, 0.1) is 11.2 Å². The fourth-order valence-electron chi connectivity index (χ4n) is 2.37. The molecule has 4 heteroatoms. The highest BCUT2D eigenvalue weighted by Crippen LogP contribution is 2.40. The zero-order valence-electron chi connectivity index (χ0n) is 11.7. The minimum Gasteiger partial charge on any atom is -0.400 e. The smallest absolute Gasteiger partial charge is 0.400 e. The lowest BCUT2D eigenvalue weighted by molar-refractivity contribution is 0.00578. The van der Waals surface area contributed by atoms with Gasteiger partial charge in [0.1, 0.15) is 0 Å². The van der Waals surface area contributed by atoms with Gasteiger partial charge in [-0.15, -0.1) is 0 Å². The van der Waals surface area contributed by atoms with Crippen molar-refractivity contribution in [2.75, 3.05) is 7.05 Å². The molecule has 0 spiro atoms. The molecule has 0 aromatic heterocycles. The van der Waals surface area contributed by atoms with E-state index in [1.807, 2.05) is 7.05 Å². The standard InChI is InChI=1S/C13H24BNO2/c1-12(2)13(3,4)17-14(16-12)10-7-6-8-11(9-10)15-5/h7,11,15H,6,8-9H2,1-5H3/t11-/m0/s1. The van der Waals surface area contributed by atoms with E-state index in [0.717, 1.165) is 12.8 Å². The third kappa shape index (κ3) is 2.44. The lowest BCUT2D eigenvalue weighted by Gasteiger charge is -2.32. The summed E-state index contributed by atoms with van der Waals surface area (Å²) in [6.07, 6.45) is 5.65. The molecule has 1 saturated heterocycles. The van der Waals surface area contributed by atoms with Crippen molar-refractivity contribution in [3.05, 3.63) is 11.5 Å². The molecule has 96 valence electrons. The predicted molar refractivity (Wildman–Crippen MR) is 70.9 cm³/mol. The number of hydrogen-bond acceptors (Lipinski definition) is 3. The van der Waals surface area contributed by atoms with Crippen LogP contribution in [-0.2, 0) is 9.31 Å². The maximum absolute atomic E-state index is 6.08. The first kappa shape index (κ1) is 13.1. The van der Waals surface area contributed by atoms with Gasteiger partial charge in [-0.1, -0.05) is 6.08 Å². The zero-order chi connectivity index (χ0) is 12.7. The minimum atomic E-state index is -0.231. The average Bonchev–Trinajstić information content (AvgIpc) is 2.48. The van der Waals surface area contributed by atoms with Crippen LogP contribution in [0.4, 0.5) is 0 Å². The molecule has 1 fully saturated rings. The third-order valence-electron chi connectivity index (χ3n) is 4.37. The van der Waals surface area contributed by atoms with Crippen LogP contribution in [0.5, 0.6) is 0 Å². The molecule has 0 radical (unpaired) electrons. The average molecular weight is 237 g/mol. The van der Waals surface area contributed by atoms with E-state index in [-0.39, 0.29) is 18.3 Å². The van der Waals surface area contributed by atoms with Crippen molar-refractivity contribution in [2.24, 2.45) is 0 Å². The van der Waals surface area contributed by atoms with Crippen LogP contribution in [0.25, 0.3) is 0 Å². The van der Waals surface area contributed by atoms with Gasteiger partial charge in [-0.2, -0.15) is 0 Å². The second kappa shape index (κ2) is 4.41. The van der Waals surface area contributed by atoms with E-state index in [4.69, 9.17) is 9.31 Å². The van der Waals surface area contributed by atoms with Gasteiger partial charge in [-0.05, 0) is 59.5 Å². The van der Waals surface area contributed by atoms with E-state index in [1.165, 1.54) is 11.9 Å². The molecule has 0 saturated carbocycles. The molecule has 1 heterocycles. The summed E-state index contributed by atoms with van der Waals surface area (Å²) in [5.41, 5.74) is 0.838. The fourth-order valence-corrected chi connectivity index (χ4v) is 2.37. The molecule has 0 bridgehead atoms. The van der Waals surface area contributed by atoms with Crippen molar-refractivity contribution in [1.29, 1.82) is 0 Å². The van der Waals surface area contributed by atoms with Crippen LogP contribution >= 0.6 is 0 Å². The van der Waals surface area contributed by atoms with E-state index >= 15 is 0 Å². The number of allylic oxidation sites excluding steroid dienone is 1. The first-order valence-corrected chi connectivity index (χ1v) is 6.57. The number of rotatable bonds is 2. The highest BCUT2D eigenvalue weighted by Gasteiger charge is 2.52. The Hall–Kier alpha value is -0.315. The van der Waals surface area contributed by atoms with Crippen LogP contribution < -0.4 is 5.32 Å². The Morgan fingerprint density at radius 3 is 2.35 bits per heavy atom. The summed E-state index contributed by atoms with van der Waals surface area (Å²) in [6, 6.07) is 0.564. The van der Waals surface area contributed by atoms with E-state index in [9.17, 15) is 0 Å². The van der Waals surface area contributed by atoms with Gasteiger partial charge in [0.15, 0.2) is 0 Å². The molecule has 2 aliphatic rings. The van der Waals surface area contributed by atoms with Crippen molar-refractivity contribution >= 4 is 7.12 Å². The second-order valence-electron chi connectivity index (χ2n) is 6.13. The van der Waals surface area contributed by atoms with Gasteiger partial charge < -0.3 is 14.6 Å². The zero-order valence-corrected chi connectivity index (χ0v) is 11.7. The molecule has 1 aliphatic heterocycles. The molecule has 2 rings (SSSR count). The SMILES string of the molecule is CN[C@H]1CCC=C(B2OC(C)(C)C(C)(C)O2)C1. The summed E-state index contributed by atoms with van der Waals surface area (Å²) in [6.45, 7) is 8.41. The Labute approximate surface area is 105 Å². The molecule has 0 amide bonds. The Bertz CT molecular complexity index is 309. The van der Waals surface area contributed by atoms with Crippen molar-refractivity contribution in [1.82, 2.24) is 5.32 Å². The predicted octanol–water partition coefficient (Wildman–Crippen LogP) is 2.32. The first-order valence-electron chi connectivity index (χ1n) is 6.57. The van der Waals surface area contributed by atoms with Crippen molar-refractivity contribution in [3.63, 3.8) is 0 Å². The Kier molecular flexibility index (Phi) is 3.41.